The molecule has 8 nitrogen and oxygen atoms in total. The Morgan fingerprint density at radius 3 is 2.41 bits per heavy atom. The zero-order valence-corrected chi connectivity index (χ0v) is 18.9. The Morgan fingerprint density at radius 1 is 1.06 bits per heavy atom. The summed E-state index contributed by atoms with van der Waals surface area (Å²) in [4.78, 5) is 47.7. The van der Waals surface area contributed by atoms with Crippen LogP contribution in [-0.4, -0.2) is 45.7 Å². The van der Waals surface area contributed by atoms with Crippen LogP contribution in [0.25, 0.3) is 0 Å². The minimum atomic E-state index is -0.713. The van der Waals surface area contributed by atoms with Crippen LogP contribution >= 0.6 is 11.3 Å². The van der Waals surface area contributed by atoms with E-state index in [1.807, 2.05) is 44.2 Å². The van der Waals surface area contributed by atoms with Crippen molar-refractivity contribution in [3.63, 3.8) is 0 Å². The van der Waals surface area contributed by atoms with E-state index in [1.54, 1.807) is 24.6 Å². The molecule has 2 aromatic heterocycles. The zero-order chi connectivity index (χ0) is 23.1. The highest BCUT2D eigenvalue weighted by molar-refractivity contribution is 7.14. The van der Waals surface area contributed by atoms with Gasteiger partial charge in [0.2, 0.25) is 5.91 Å². The van der Waals surface area contributed by atoms with Crippen LogP contribution in [0.4, 0.5) is 5.13 Å². The molecule has 3 rings (SSSR count). The maximum Gasteiger partial charge on any atom is 0.271 e. The lowest BCUT2D eigenvalue weighted by Crippen LogP contribution is -2.48. The molecule has 0 fully saturated rings. The molecule has 1 atom stereocenters. The summed E-state index contributed by atoms with van der Waals surface area (Å²) in [6.45, 7) is 4.12. The highest BCUT2D eigenvalue weighted by Gasteiger charge is 2.31. The van der Waals surface area contributed by atoms with Gasteiger partial charge in [0.1, 0.15) is 11.7 Å². The van der Waals surface area contributed by atoms with Crippen molar-refractivity contribution in [3.05, 3.63) is 77.1 Å². The van der Waals surface area contributed by atoms with Gasteiger partial charge in [0.15, 0.2) is 5.13 Å². The molecule has 166 valence electrons. The van der Waals surface area contributed by atoms with Gasteiger partial charge in [-0.05, 0) is 23.6 Å². The van der Waals surface area contributed by atoms with Gasteiger partial charge in [-0.15, -0.1) is 11.3 Å². The summed E-state index contributed by atoms with van der Waals surface area (Å²) >= 11 is 1.16. The maximum absolute atomic E-state index is 13.0. The first kappa shape index (κ1) is 23.1. The van der Waals surface area contributed by atoms with E-state index in [2.05, 4.69) is 20.6 Å². The third-order valence-corrected chi connectivity index (χ3v) is 5.59. The first-order chi connectivity index (χ1) is 15.4. The molecule has 0 saturated heterocycles. The lowest BCUT2D eigenvalue weighted by molar-refractivity contribution is -0.121. The molecule has 9 heteroatoms. The number of hydrogen-bond donors (Lipinski definition) is 2. The highest BCUT2D eigenvalue weighted by atomic mass is 32.1. The Morgan fingerprint density at radius 2 is 1.75 bits per heavy atom. The average Bonchev–Trinajstić information content (AvgIpc) is 3.26. The van der Waals surface area contributed by atoms with E-state index in [-0.39, 0.29) is 29.3 Å². The van der Waals surface area contributed by atoms with Gasteiger partial charge in [0, 0.05) is 36.9 Å². The molecule has 32 heavy (non-hydrogen) atoms. The highest BCUT2D eigenvalue weighted by Crippen LogP contribution is 2.19. The van der Waals surface area contributed by atoms with E-state index in [9.17, 15) is 14.4 Å². The molecule has 1 aromatic carbocycles. The van der Waals surface area contributed by atoms with Gasteiger partial charge in [-0.1, -0.05) is 44.2 Å². The first-order valence-electron chi connectivity index (χ1n) is 10.1. The Balaban J connectivity index is 1.64. The van der Waals surface area contributed by atoms with Gasteiger partial charge in [-0.25, -0.2) is 4.98 Å². The molecular formula is C23H25N5O3S. The molecule has 0 unspecified atom stereocenters. The second kappa shape index (κ2) is 10.6. The van der Waals surface area contributed by atoms with E-state index in [0.717, 1.165) is 16.9 Å². The maximum atomic E-state index is 13.0. The number of thiazole rings is 1. The monoisotopic (exact) mass is 451 g/mol. The molecule has 0 aliphatic carbocycles. The van der Waals surface area contributed by atoms with Gasteiger partial charge >= 0.3 is 0 Å². The Labute approximate surface area is 190 Å². The van der Waals surface area contributed by atoms with Gasteiger partial charge in [-0.2, -0.15) is 0 Å². The van der Waals surface area contributed by atoms with Crippen LogP contribution in [0.5, 0.6) is 0 Å². The molecule has 0 bridgehead atoms. The summed E-state index contributed by atoms with van der Waals surface area (Å²) < 4.78 is 0. The van der Waals surface area contributed by atoms with Crippen molar-refractivity contribution in [2.45, 2.75) is 26.4 Å². The van der Waals surface area contributed by atoms with Crippen LogP contribution in [0.2, 0.25) is 0 Å². The molecule has 2 heterocycles. The van der Waals surface area contributed by atoms with Crippen molar-refractivity contribution in [3.8, 4) is 0 Å². The van der Waals surface area contributed by atoms with Crippen LogP contribution in [-0.2, 0) is 11.3 Å². The van der Waals surface area contributed by atoms with E-state index < -0.39 is 6.04 Å². The van der Waals surface area contributed by atoms with Crippen molar-refractivity contribution < 1.29 is 14.4 Å². The van der Waals surface area contributed by atoms with Gasteiger partial charge in [0.25, 0.3) is 11.8 Å². The minimum Gasteiger partial charge on any atom is -0.347 e. The lowest BCUT2D eigenvalue weighted by atomic mass is 10.0. The molecule has 3 amide bonds. The van der Waals surface area contributed by atoms with Crippen LogP contribution in [0, 0.1) is 5.92 Å². The number of aromatic nitrogens is 2. The normalized spacial score (nSPS) is 11.6. The fourth-order valence-corrected chi connectivity index (χ4v) is 3.93. The number of likely N-dealkylation sites (N-methyl/N-ethyl adjacent to an activating group) is 1. The number of hydrogen-bond acceptors (Lipinski definition) is 6. The third-order valence-electron chi connectivity index (χ3n) is 4.83. The topological polar surface area (TPSA) is 104 Å². The smallest absolute Gasteiger partial charge is 0.271 e. The third kappa shape index (κ3) is 5.76. The van der Waals surface area contributed by atoms with Crippen molar-refractivity contribution in [2.75, 3.05) is 12.4 Å². The zero-order valence-electron chi connectivity index (χ0n) is 18.1. The largest absolute Gasteiger partial charge is 0.347 e. The summed E-state index contributed by atoms with van der Waals surface area (Å²) in [7, 11) is 1.59. The van der Waals surface area contributed by atoms with Crippen LogP contribution < -0.4 is 10.6 Å². The first-order valence-corrected chi connectivity index (χ1v) is 11.0. The van der Waals surface area contributed by atoms with Crippen molar-refractivity contribution >= 4 is 34.2 Å². The molecule has 2 N–H and O–H groups in total. The molecule has 0 aliphatic heterocycles. The summed E-state index contributed by atoms with van der Waals surface area (Å²) in [5.41, 5.74) is 1.65. The number of benzene rings is 1. The van der Waals surface area contributed by atoms with Gasteiger partial charge in [-0.3, -0.25) is 19.4 Å². The SMILES string of the molecule is CC(C)[C@@H](C(=O)Nc1nc(C(=O)NCc2ccccc2)cs1)N(C)C(=O)c1ccncc1. The number of nitrogens with zero attached hydrogens (tertiary/aromatic N) is 3. The van der Waals surface area contributed by atoms with Crippen molar-refractivity contribution in [1.82, 2.24) is 20.2 Å². The van der Waals surface area contributed by atoms with Crippen LogP contribution in [0.1, 0.15) is 40.3 Å². The molecule has 0 aliphatic rings. The van der Waals surface area contributed by atoms with Gasteiger partial charge in [0.05, 0.1) is 0 Å². The number of carbonyl (C=O) groups is 3. The summed E-state index contributed by atoms with van der Waals surface area (Å²) in [6, 6.07) is 12.1. The second-order valence-corrected chi connectivity index (χ2v) is 8.39. The number of carbonyl (C=O) groups excluding carboxylic acids is 3. The minimum absolute atomic E-state index is 0.139. The van der Waals surface area contributed by atoms with E-state index >= 15 is 0 Å². The lowest BCUT2D eigenvalue weighted by Gasteiger charge is -2.29. The van der Waals surface area contributed by atoms with Crippen LogP contribution in [0.3, 0.4) is 0 Å². The fourth-order valence-electron chi connectivity index (χ4n) is 3.23. The summed E-state index contributed by atoms with van der Waals surface area (Å²) in [5, 5.41) is 7.44. The molecular weight excluding hydrogens is 426 g/mol. The fraction of sp³-hybridized carbons (Fsp3) is 0.261. The molecule has 3 aromatic rings. The van der Waals surface area contributed by atoms with E-state index in [1.165, 1.54) is 17.3 Å². The number of amides is 3. The standard InChI is InChI=1S/C23H25N5O3S/c1-15(2)19(28(3)22(31)17-9-11-24-12-10-17)21(30)27-23-26-18(14-32-23)20(29)25-13-16-7-5-4-6-8-16/h4-12,14-15,19H,13H2,1-3H3,(H,25,29)(H,26,27,30)/t19-/m0/s1. The molecule has 0 saturated carbocycles. The number of pyridine rings is 1. The van der Waals surface area contributed by atoms with Crippen LogP contribution in [0.15, 0.2) is 60.2 Å². The average molecular weight is 452 g/mol. The number of anilines is 1. The second-order valence-electron chi connectivity index (χ2n) is 7.54. The van der Waals surface area contributed by atoms with Crippen molar-refractivity contribution in [2.24, 2.45) is 5.92 Å². The summed E-state index contributed by atoms with van der Waals surface area (Å²) in [6.07, 6.45) is 3.07. The van der Waals surface area contributed by atoms with Gasteiger partial charge < -0.3 is 15.5 Å². The van der Waals surface area contributed by atoms with E-state index in [4.69, 9.17) is 0 Å². The Hall–Kier alpha value is -3.59. The predicted octanol–water partition coefficient (Wildman–Crippen LogP) is 3.20. The quantitative estimate of drug-likeness (QED) is 0.547. The summed E-state index contributed by atoms with van der Waals surface area (Å²) in [5.74, 6) is -1.10. The Bertz CT molecular complexity index is 1070. The molecule has 0 radical (unpaired) electrons. The van der Waals surface area contributed by atoms with E-state index in [0.29, 0.717) is 17.2 Å². The number of rotatable bonds is 8. The number of nitrogens with one attached hydrogen (secondary N) is 2. The van der Waals surface area contributed by atoms with Crippen molar-refractivity contribution in [1.29, 1.82) is 0 Å². The predicted molar refractivity (Wildman–Crippen MR) is 123 cm³/mol. The molecule has 0 spiro atoms. The Kier molecular flexibility index (Phi) is 7.67.